The van der Waals surface area contributed by atoms with Gasteiger partial charge in [0.05, 0.1) is 13.2 Å². The molecule has 184 valence electrons. The van der Waals surface area contributed by atoms with E-state index in [9.17, 15) is 19.6 Å². The Balaban J connectivity index is 1.35. The predicted molar refractivity (Wildman–Crippen MR) is 128 cm³/mol. The fourth-order valence-electron chi connectivity index (χ4n) is 5.88. The third-order valence-corrected chi connectivity index (χ3v) is 7.95. The summed E-state index contributed by atoms with van der Waals surface area (Å²) in [6.45, 7) is 1.18. The molecule has 3 N–H and O–H groups in total. The van der Waals surface area contributed by atoms with Crippen molar-refractivity contribution in [1.29, 1.82) is 5.26 Å². The average molecular weight is 478 g/mol. The summed E-state index contributed by atoms with van der Waals surface area (Å²) in [6, 6.07) is 8.08. The van der Waals surface area contributed by atoms with Crippen molar-refractivity contribution in [2.75, 3.05) is 20.2 Å². The molecule has 3 amide bonds. The monoisotopic (exact) mass is 477 g/mol. The lowest BCUT2D eigenvalue weighted by Crippen LogP contribution is -2.49. The third kappa shape index (κ3) is 4.33. The topological polar surface area (TPSA) is 127 Å². The molecular formula is C26H31N5O4. The summed E-state index contributed by atoms with van der Waals surface area (Å²) in [4.78, 5) is 44.0. The summed E-state index contributed by atoms with van der Waals surface area (Å²) in [5.41, 5.74) is 1.17. The zero-order valence-corrected chi connectivity index (χ0v) is 19.9. The first kappa shape index (κ1) is 23.2. The number of likely N-dealkylation sites (tertiary alicyclic amines) is 1. The van der Waals surface area contributed by atoms with E-state index in [4.69, 9.17) is 4.74 Å². The minimum atomic E-state index is -0.774. The van der Waals surface area contributed by atoms with Crippen LogP contribution in [0.1, 0.15) is 55.4 Å². The van der Waals surface area contributed by atoms with Crippen molar-refractivity contribution in [3.8, 4) is 11.8 Å². The van der Waals surface area contributed by atoms with Crippen molar-refractivity contribution in [3.63, 3.8) is 0 Å². The number of hydrogen-bond acceptors (Lipinski definition) is 5. The Hall–Kier alpha value is -3.54. The molecule has 3 atom stereocenters. The summed E-state index contributed by atoms with van der Waals surface area (Å²) in [5, 5.41) is 16.2. The number of fused-ring (bicyclic) bond motifs is 1. The highest BCUT2D eigenvalue weighted by Crippen LogP contribution is 2.50. The molecule has 1 aromatic carbocycles. The summed E-state index contributed by atoms with van der Waals surface area (Å²) >= 11 is 0. The number of methoxy groups -OCH3 is 1. The van der Waals surface area contributed by atoms with E-state index in [1.807, 2.05) is 18.2 Å². The highest BCUT2D eigenvalue weighted by atomic mass is 16.5. The van der Waals surface area contributed by atoms with E-state index in [0.717, 1.165) is 36.6 Å². The van der Waals surface area contributed by atoms with Crippen LogP contribution in [0.2, 0.25) is 0 Å². The van der Waals surface area contributed by atoms with Crippen molar-refractivity contribution in [2.45, 2.75) is 57.0 Å². The van der Waals surface area contributed by atoms with Crippen molar-refractivity contribution in [1.82, 2.24) is 20.5 Å². The molecule has 5 rings (SSSR count). The number of benzene rings is 1. The largest absolute Gasteiger partial charge is 0.496 e. The number of nitrogens with one attached hydrogen (secondary N) is 3. The Morgan fingerprint density at radius 2 is 2.17 bits per heavy atom. The fourth-order valence-corrected chi connectivity index (χ4v) is 5.88. The van der Waals surface area contributed by atoms with Gasteiger partial charge in [0.2, 0.25) is 11.8 Å². The number of hydrogen-bond donors (Lipinski definition) is 3. The molecule has 1 aromatic heterocycles. The van der Waals surface area contributed by atoms with E-state index in [1.165, 1.54) is 0 Å². The third-order valence-electron chi connectivity index (χ3n) is 7.95. The number of nitrogens with zero attached hydrogens (tertiary/aromatic N) is 2. The zero-order chi connectivity index (χ0) is 24.6. The molecule has 1 spiro atoms. The van der Waals surface area contributed by atoms with Gasteiger partial charge in [-0.3, -0.25) is 14.4 Å². The van der Waals surface area contributed by atoms with Crippen LogP contribution in [-0.4, -0.2) is 59.9 Å². The smallest absolute Gasteiger partial charge is 0.271 e. The normalized spacial score (nSPS) is 23.9. The summed E-state index contributed by atoms with van der Waals surface area (Å²) in [5.74, 6) is -0.223. The minimum absolute atomic E-state index is 0.0350. The van der Waals surface area contributed by atoms with E-state index in [-0.39, 0.29) is 35.5 Å². The molecule has 35 heavy (non-hydrogen) atoms. The predicted octanol–water partition coefficient (Wildman–Crippen LogP) is 2.49. The van der Waals surface area contributed by atoms with Gasteiger partial charge >= 0.3 is 0 Å². The van der Waals surface area contributed by atoms with E-state index in [0.29, 0.717) is 37.4 Å². The number of piperidine rings is 1. The summed E-state index contributed by atoms with van der Waals surface area (Å²) in [7, 11) is 1.59. The second-order valence-electron chi connectivity index (χ2n) is 10.2. The van der Waals surface area contributed by atoms with Crippen LogP contribution in [0.5, 0.6) is 5.75 Å². The first-order chi connectivity index (χ1) is 16.9. The number of ether oxygens (including phenoxy) is 1. The second-order valence-corrected chi connectivity index (χ2v) is 10.2. The number of carbonyl (C=O) groups is 3. The highest BCUT2D eigenvalue weighted by molar-refractivity contribution is 6.02. The van der Waals surface area contributed by atoms with Crippen LogP contribution < -0.4 is 15.4 Å². The Morgan fingerprint density at radius 3 is 2.86 bits per heavy atom. The van der Waals surface area contributed by atoms with Gasteiger partial charge in [0.1, 0.15) is 23.5 Å². The summed E-state index contributed by atoms with van der Waals surface area (Å²) < 4.78 is 5.42. The SMILES string of the molecule is COc1cccc2[nH]c(C(=O)N3CC4(CCC4)CC3C(=O)N[C@H](C#N)C[C@@H]3CCCNC3=O)cc12. The zero-order valence-electron chi connectivity index (χ0n) is 19.9. The van der Waals surface area contributed by atoms with E-state index in [2.05, 4.69) is 21.7 Å². The molecule has 3 fully saturated rings. The molecule has 1 saturated carbocycles. The number of aromatic nitrogens is 1. The van der Waals surface area contributed by atoms with Gasteiger partial charge < -0.3 is 25.3 Å². The maximum absolute atomic E-state index is 13.6. The Labute approximate surface area is 204 Å². The van der Waals surface area contributed by atoms with Gasteiger partial charge in [-0.15, -0.1) is 0 Å². The van der Waals surface area contributed by atoms with Crippen LogP contribution in [0.3, 0.4) is 0 Å². The van der Waals surface area contributed by atoms with Gasteiger partial charge in [-0.05, 0) is 62.1 Å². The van der Waals surface area contributed by atoms with Gasteiger partial charge in [-0.25, -0.2) is 0 Å². The van der Waals surface area contributed by atoms with E-state index >= 15 is 0 Å². The van der Waals surface area contributed by atoms with Gasteiger partial charge in [0.25, 0.3) is 5.91 Å². The van der Waals surface area contributed by atoms with Crippen LogP contribution in [0, 0.1) is 22.7 Å². The Kier molecular flexibility index (Phi) is 6.13. The molecule has 1 aliphatic carbocycles. The first-order valence-electron chi connectivity index (χ1n) is 12.4. The molecule has 2 saturated heterocycles. The van der Waals surface area contributed by atoms with Crippen LogP contribution in [0.25, 0.3) is 10.9 Å². The van der Waals surface area contributed by atoms with Gasteiger partial charge in [-0.1, -0.05) is 12.5 Å². The Morgan fingerprint density at radius 1 is 1.34 bits per heavy atom. The van der Waals surface area contributed by atoms with Gasteiger partial charge in [-0.2, -0.15) is 5.26 Å². The van der Waals surface area contributed by atoms with Crippen LogP contribution in [-0.2, 0) is 9.59 Å². The lowest BCUT2D eigenvalue weighted by molar-refractivity contribution is -0.128. The van der Waals surface area contributed by atoms with E-state index in [1.54, 1.807) is 18.1 Å². The van der Waals surface area contributed by atoms with Crippen molar-refractivity contribution in [3.05, 3.63) is 30.0 Å². The van der Waals surface area contributed by atoms with Crippen molar-refractivity contribution >= 4 is 28.6 Å². The van der Waals surface area contributed by atoms with Crippen LogP contribution in [0.4, 0.5) is 0 Å². The van der Waals surface area contributed by atoms with Crippen LogP contribution in [0.15, 0.2) is 24.3 Å². The number of amides is 3. The molecule has 3 aliphatic rings. The molecule has 2 aromatic rings. The number of rotatable bonds is 6. The quantitative estimate of drug-likeness (QED) is 0.589. The Bertz CT molecular complexity index is 1190. The first-order valence-corrected chi connectivity index (χ1v) is 12.4. The molecule has 1 unspecified atom stereocenters. The lowest BCUT2D eigenvalue weighted by Gasteiger charge is -2.37. The molecular weight excluding hydrogens is 446 g/mol. The molecule has 0 bridgehead atoms. The van der Waals surface area contributed by atoms with Crippen LogP contribution >= 0.6 is 0 Å². The maximum atomic E-state index is 13.6. The molecule has 3 heterocycles. The van der Waals surface area contributed by atoms with Crippen molar-refractivity contribution < 1.29 is 19.1 Å². The molecule has 2 aliphatic heterocycles. The van der Waals surface area contributed by atoms with Crippen molar-refractivity contribution in [2.24, 2.45) is 11.3 Å². The van der Waals surface area contributed by atoms with Gasteiger partial charge in [0, 0.05) is 29.9 Å². The van der Waals surface area contributed by atoms with E-state index < -0.39 is 12.1 Å². The highest BCUT2D eigenvalue weighted by Gasteiger charge is 2.52. The molecule has 9 nitrogen and oxygen atoms in total. The maximum Gasteiger partial charge on any atom is 0.271 e. The van der Waals surface area contributed by atoms with Gasteiger partial charge in [0.15, 0.2) is 0 Å². The molecule has 0 radical (unpaired) electrons. The number of nitriles is 1. The second kappa shape index (κ2) is 9.25. The number of carbonyl (C=O) groups excluding carboxylic acids is 3. The lowest BCUT2D eigenvalue weighted by atomic mass is 9.67. The average Bonchev–Trinajstić information content (AvgIpc) is 3.47. The standard InChI is InChI=1S/C26H31N5O4/c1-35-22-7-2-6-19-18(22)12-20(30-19)25(34)31-15-26(8-4-9-26)13-21(31)24(33)29-17(14-27)11-16-5-3-10-28-23(16)32/h2,6-7,12,16-17,21,30H,3-5,8-11,13,15H2,1H3,(H,28,32)(H,29,33)/t16-,17-,21?/m0/s1. The number of aromatic amines is 1. The minimum Gasteiger partial charge on any atom is -0.496 e. The summed E-state index contributed by atoms with van der Waals surface area (Å²) in [6.07, 6.45) is 5.53. The molecule has 9 heteroatoms. The fraction of sp³-hybridized carbons (Fsp3) is 0.538. The number of H-pyrrole nitrogens is 1.